The summed E-state index contributed by atoms with van der Waals surface area (Å²) in [6.07, 6.45) is 0. The van der Waals surface area contributed by atoms with Crippen LogP contribution < -0.4 is 9.47 Å². The molecular formula is C16H14F2O3. The van der Waals surface area contributed by atoms with Gasteiger partial charge in [0.2, 0.25) is 0 Å². The molecule has 0 saturated heterocycles. The first-order valence-electron chi connectivity index (χ1n) is 6.44. The molecule has 110 valence electrons. The van der Waals surface area contributed by atoms with E-state index in [0.29, 0.717) is 17.9 Å². The standard InChI is InChI=1S/C16H14F2O3/c1-2-20-12-5-3-11(4-6-12)16(19)10-21-13-7-8-14(17)15(18)9-13/h3-9H,2,10H2,1H3. The van der Waals surface area contributed by atoms with Crippen molar-refractivity contribution in [2.24, 2.45) is 0 Å². The Labute approximate surface area is 121 Å². The minimum absolute atomic E-state index is 0.105. The Balaban J connectivity index is 1.96. The molecule has 0 heterocycles. The topological polar surface area (TPSA) is 35.5 Å². The second kappa shape index (κ2) is 6.83. The van der Waals surface area contributed by atoms with Crippen LogP contribution in [0.3, 0.4) is 0 Å². The van der Waals surface area contributed by atoms with Crippen LogP contribution in [-0.4, -0.2) is 19.0 Å². The van der Waals surface area contributed by atoms with Crippen LogP contribution in [0.5, 0.6) is 11.5 Å². The van der Waals surface area contributed by atoms with Crippen molar-refractivity contribution in [3.63, 3.8) is 0 Å². The molecule has 5 heteroatoms. The molecule has 0 atom stereocenters. The number of carbonyl (C=O) groups excluding carboxylic acids is 1. The van der Waals surface area contributed by atoms with Gasteiger partial charge in [0.05, 0.1) is 6.61 Å². The summed E-state index contributed by atoms with van der Waals surface area (Å²) in [5.41, 5.74) is 0.459. The highest BCUT2D eigenvalue weighted by Gasteiger charge is 2.09. The fourth-order valence-corrected chi connectivity index (χ4v) is 1.70. The summed E-state index contributed by atoms with van der Waals surface area (Å²) in [7, 11) is 0. The number of carbonyl (C=O) groups is 1. The zero-order valence-corrected chi connectivity index (χ0v) is 11.4. The maximum Gasteiger partial charge on any atom is 0.200 e. The van der Waals surface area contributed by atoms with Gasteiger partial charge in [0, 0.05) is 11.6 Å². The van der Waals surface area contributed by atoms with Crippen molar-refractivity contribution < 1.29 is 23.0 Å². The van der Waals surface area contributed by atoms with Gasteiger partial charge in [-0.25, -0.2) is 8.78 Å². The predicted octanol–water partition coefficient (Wildman–Crippen LogP) is 3.63. The van der Waals surface area contributed by atoms with Crippen LogP contribution in [0.4, 0.5) is 8.78 Å². The molecule has 0 aromatic heterocycles. The Morgan fingerprint density at radius 2 is 1.62 bits per heavy atom. The fourth-order valence-electron chi connectivity index (χ4n) is 1.70. The molecule has 0 radical (unpaired) electrons. The number of benzene rings is 2. The summed E-state index contributed by atoms with van der Waals surface area (Å²) < 4.78 is 36.2. The summed E-state index contributed by atoms with van der Waals surface area (Å²) in [4.78, 5) is 11.9. The monoisotopic (exact) mass is 292 g/mol. The molecule has 3 nitrogen and oxygen atoms in total. The van der Waals surface area contributed by atoms with Crippen LogP contribution in [0.2, 0.25) is 0 Å². The summed E-state index contributed by atoms with van der Waals surface area (Å²) in [5.74, 6) is -1.45. The predicted molar refractivity (Wildman–Crippen MR) is 73.8 cm³/mol. The lowest BCUT2D eigenvalue weighted by Gasteiger charge is -2.07. The van der Waals surface area contributed by atoms with Gasteiger partial charge in [-0.15, -0.1) is 0 Å². The minimum Gasteiger partial charge on any atom is -0.494 e. The third-order valence-electron chi connectivity index (χ3n) is 2.75. The van der Waals surface area contributed by atoms with Crippen LogP contribution in [0.15, 0.2) is 42.5 Å². The zero-order chi connectivity index (χ0) is 15.2. The molecule has 2 aromatic carbocycles. The van der Waals surface area contributed by atoms with Crippen LogP contribution in [-0.2, 0) is 0 Å². The van der Waals surface area contributed by atoms with Gasteiger partial charge in [-0.05, 0) is 43.3 Å². The van der Waals surface area contributed by atoms with Gasteiger partial charge in [-0.3, -0.25) is 4.79 Å². The average Bonchev–Trinajstić information content (AvgIpc) is 2.49. The maximum absolute atomic E-state index is 13.0. The lowest BCUT2D eigenvalue weighted by molar-refractivity contribution is 0.0921. The summed E-state index contributed by atoms with van der Waals surface area (Å²) in [6, 6.07) is 9.75. The van der Waals surface area contributed by atoms with Gasteiger partial charge >= 0.3 is 0 Å². The molecule has 0 unspecified atom stereocenters. The molecule has 2 aromatic rings. The number of hydrogen-bond donors (Lipinski definition) is 0. The number of halogens is 2. The highest BCUT2D eigenvalue weighted by atomic mass is 19.2. The Morgan fingerprint density at radius 3 is 2.24 bits per heavy atom. The third kappa shape index (κ3) is 4.02. The van der Waals surface area contributed by atoms with E-state index in [1.807, 2.05) is 6.92 Å². The molecule has 0 N–H and O–H groups in total. The minimum atomic E-state index is -1.01. The van der Waals surface area contributed by atoms with E-state index in [1.54, 1.807) is 24.3 Å². The van der Waals surface area contributed by atoms with Gasteiger partial charge in [0.15, 0.2) is 24.0 Å². The quantitative estimate of drug-likeness (QED) is 0.763. The van der Waals surface area contributed by atoms with Crippen molar-refractivity contribution in [1.29, 1.82) is 0 Å². The first-order chi connectivity index (χ1) is 10.1. The molecule has 21 heavy (non-hydrogen) atoms. The first-order valence-corrected chi connectivity index (χ1v) is 6.44. The van der Waals surface area contributed by atoms with Gasteiger partial charge in [0.1, 0.15) is 11.5 Å². The van der Waals surface area contributed by atoms with Crippen LogP contribution in [0.1, 0.15) is 17.3 Å². The van der Waals surface area contributed by atoms with Crippen molar-refractivity contribution in [3.8, 4) is 11.5 Å². The lowest BCUT2D eigenvalue weighted by Crippen LogP contribution is -2.11. The molecule has 0 spiro atoms. The van der Waals surface area contributed by atoms with E-state index in [4.69, 9.17) is 9.47 Å². The Kier molecular flexibility index (Phi) is 4.87. The van der Waals surface area contributed by atoms with Crippen molar-refractivity contribution in [2.75, 3.05) is 13.2 Å². The zero-order valence-electron chi connectivity index (χ0n) is 11.4. The van der Waals surface area contributed by atoms with Gasteiger partial charge in [-0.2, -0.15) is 0 Å². The Hall–Kier alpha value is -2.43. The summed E-state index contributed by atoms with van der Waals surface area (Å²) >= 11 is 0. The molecule has 0 aliphatic heterocycles. The molecule has 0 amide bonds. The number of hydrogen-bond acceptors (Lipinski definition) is 3. The van der Waals surface area contributed by atoms with Gasteiger partial charge in [0.25, 0.3) is 0 Å². The fraction of sp³-hybridized carbons (Fsp3) is 0.188. The molecule has 2 rings (SSSR count). The largest absolute Gasteiger partial charge is 0.494 e. The molecular weight excluding hydrogens is 278 g/mol. The van der Waals surface area contributed by atoms with Crippen LogP contribution in [0.25, 0.3) is 0 Å². The van der Waals surface area contributed by atoms with Gasteiger partial charge in [-0.1, -0.05) is 0 Å². The number of Topliss-reactive ketones (excluding diaryl/α,β-unsaturated/α-hetero) is 1. The van der Waals surface area contributed by atoms with E-state index in [-0.39, 0.29) is 18.1 Å². The number of rotatable bonds is 6. The lowest BCUT2D eigenvalue weighted by atomic mass is 10.1. The molecule has 0 bridgehead atoms. The second-order valence-corrected chi connectivity index (χ2v) is 4.25. The van der Waals surface area contributed by atoms with Crippen molar-refractivity contribution >= 4 is 5.78 Å². The molecule has 0 saturated carbocycles. The number of ether oxygens (including phenoxy) is 2. The average molecular weight is 292 g/mol. The van der Waals surface area contributed by atoms with Crippen molar-refractivity contribution in [3.05, 3.63) is 59.7 Å². The summed E-state index contributed by atoms with van der Waals surface area (Å²) in [5, 5.41) is 0. The summed E-state index contributed by atoms with van der Waals surface area (Å²) in [6.45, 7) is 2.17. The SMILES string of the molecule is CCOc1ccc(C(=O)COc2ccc(F)c(F)c2)cc1. The highest BCUT2D eigenvalue weighted by molar-refractivity contribution is 5.97. The smallest absolute Gasteiger partial charge is 0.200 e. The number of ketones is 1. The highest BCUT2D eigenvalue weighted by Crippen LogP contribution is 2.16. The van der Waals surface area contributed by atoms with E-state index in [0.717, 1.165) is 12.1 Å². The Morgan fingerprint density at radius 1 is 0.952 bits per heavy atom. The van der Waals surface area contributed by atoms with E-state index in [1.165, 1.54) is 6.07 Å². The maximum atomic E-state index is 13.0. The molecule has 0 aliphatic rings. The van der Waals surface area contributed by atoms with E-state index in [2.05, 4.69) is 0 Å². The molecule has 0 aliphatic carbocycles. The van der Waals surface area contributed by atoms with Crippen LogP contribution in [0, 0.1) is 11.6 Å². The molecule has 0 fully saturated rings. The van der Waals surface area contributed by atoms with Crippen LogP contribution >= 0.6 is 0 Å². The van der Waals surface area contributed by atoms with E-state index >= 15 is 0 Å². The van der Waals surface area contributed by atoms with E-state index in [9.17, 15) is 13.6 Å². The Bertz CT molecular complexity index is 624. The normalized spacial score (nSPS) is 10.2. The van der Waals surface area contributed by atoms with Crippen molar-refractivity contribution in [1.82, 2.24) is 0 Å². The van der Waals surface area contributed by atoms with E-state index < -0.39 is 11.6 Å². The van der Waals surface area contributed by atoms with Gasteiger partial charge < -0.3 is 9.47 Å². The first kappa shape index (κ1) is 15.0. The second-order valence-electron chi connectivity index (χ2n) is 4.25. The van der Waals surface area contributed by atoms with Crippen molar-refractivity contribution in [2.45, 2.75) is 6.92 Å². The third-order valence-corrected chi connectivity index (χ3v) is 2.75.